The van der Waals surface area contributed by atoms with Crippen LogP contribution in [-0.4, -0.2) is 4.21 Å². The van der Waals surface area contributed by atoms with Gasteiger partial charge in [0.1, 0.15) is 0 Å². The van der Waals surface area contributed by atoms with E-state index in [1.165, 1.54) is 81.9 Å². The third-order valence-electron chi connectivity index (χ3n) is 5.74. The van der Waals surface area contributed by atoms with E-state index in [0.717, 1.165) is 12.0 Å². The van der Waals surface area contributed by atoms with Gasteiger partial charge in [-0.2, -0.15) is 66.2 Å². The molecule has 0 nitrogen and oxygen atoms in total. The molecule has 6 rings (SSSR count). The van der Waals surface area contributed by atoms with E-state index in [1.54, 1.807) is 24.3 Å². The van der Waals surface area contributed by atoms with Crippen LogP contribution in [0, 0.1) is 41.8 Å². The molecule has 0 fully saturated rings. The monoisotopic (exact) mass is 676 g/mol. The molecule has 2 aliphatic rings. The van der Waals surface area contributed by atoms with Crippen LogP contribution >= 0.6 is 24.8 Å². The minimum absolute atomic E-state index is 0. The van der Waals surface area contributed by atoms with Gasteiger partial charge in [-0.15, -0.1) is 79.8 Å². The first-order valence-electron chi connectivity index (χ1n) is 12.7. The van der Waals surface area contributed by atoms with Crippen LogP contribution < -0.4 is 0 Å². The van der Waals surface area contributed by atoms with E-state index in [9.17, 15) is 8.78 Å². The van der Waals surface area contributed by atoms with Gasteiger partial charge < -0.3 is 0 Å². The van der Waals surface area contributed by atoms with Crippen LogP contribution in [0.5, 0.6) is 0 Å². The van der Waals surface area contributed by atoms with Gasteiger partial charge in [0.05, 0.1) is 0 Å². The van der Waals surface area contributed by atoms with Crippen molar-refractivity contribution in [3.05, 3.63) is 168 Å². The summed E-state index contributed by atoms with van der Waals surface area (Å²) in [6.07, 6.45) is 12.1. The van der Waals surface area contributed by atoms with Crippen molar-refractivity contribution in [1.82, 2.24) is 0 Å². The second-order valence-corrected chi connectivity index (χ2v) is 8.78. The molecule has 218 valence electrons. The van der Waals surface area contributed by atoms with Crippen LogP contribution in [0.15, 0.2) is 110 Å². The fourth-order valence-electron chi connectivity index (χ4n) is 3.86. The summed E-state index contributed by atoms with van der Waals surface area (Å²) < 4.78 is 27.1. The van der Waals surface area contributed by atoms with Crippen LogP contribution in [0.3, 0.4) is 0 Å². The Bertz CT molecular complexity index is 1340. The first-order chi connectivity index (χ1) is 19.4. The zero-order chi connectivity index (χ0) is 29.3. The third-order valence-corrected chi connectivity index (χ3v) is 5.74. The predicted molar refractivity (Wildman–Crippen MR) is 177 cm³/mol. The van der Waals surface area contributed by atoms with Gasteiger partial charge in [0, 0.05) is 11.6 Å². The Hall–Kier alpha value is -2.97. The number of hydrogen-bond acceptors (Lipinski definition) is 0. The Morgan fingerprint density at radius 2 is 1.40 bits per heavy atom. The summed E-state index contributed by atoms with van der Waals surface area (Å²) in [6, 6.07) is 31.1. The first kappa shape index (κ1) is 39.0. The second-order valence-electron chi connectivity index (χ2n) is 8.78. The van der Waals surface area contributed by atoms with Crippen LogP contribution in [0.1, 0.15) is 36.1 Å². The predicted octanol–water partition coefficient (Wildman–Crippen LogP) is 10.3. The van der Waals surface area contributed by atoms with Gasteiger partial charge >= 0.3 is 28.4 Å². The molecule has 0 aliphatic heterocycles. The zero-order valence-corrected chi connectivity index (χ0v) is 27.9. The topological polar surface area (TPSA) is 0 Å². The van der Waals surface area contributed by atoms with E-state index in [2.05, 4.69) is 85.8 Å². The Labute approximate surface area is 277 Å². The number of allylic oxidation sites excluding steroid dienone is 4. The zero-order valence-electron chi connectivity index (χ0n) is 23.8. The molecule has 0 spiro atoms. The molecule has 5 heteroatoms. The quantitative estimate of drug-likeness (QED) is 0.163. The molecule has 0 radical (unpaired) electrons. The molecular formula is C37H34Cl2F2Zr-4. The molecule has 0 saturated carbocycles. The van der Waals surface area contributed by atoms with Crippen molar-refractivity contribution in [3.63, 3.8) is 0 Å². The molecule has 0 bridgehead atoms. The maximum absolute atomic E-state index is 11.9. The van der Waals surface area contributed by atoms with Crippen molar-refractivity contribution in [2.75, 3.05) is 0 Å². The molecule has 1 unspecified atom stereocenters. The summed E-state index contributed by atoms with van der Waals surface area (Å²) in [4.78, 5) is 0. The van der Waals surface area contributed by atoms with Gasteiger partial charge in [0.2, 0.25) is 0 Å². The summed E-state index contributed by atoms with van der Waals surface area (Å²) in [5.41, 5.74) is 8.90. The summed E-state index contributed by atoms with van der Waals surface area (Å²) in [6.45, 7) is 11.9. The van der Waals surface area contributed by atoms with Crippen molar-refractivity contribution < 1.29 is 33.0 Å². The number of hydrogen-bond donors (Lipinski definition) is 0. The van der Waals surface area contributed by atoms with E-state index < -0.39 is 0 Å². The second kappa shape index (κ2) is 21.7. The molecule has 42 heavy (non-hydrogen) atoms. The third kappa shape index (κ3) is 13.3. The van der Waals surface area contributed by atoms with Gasteiger partial charge in [-0.25, -0.2) is 11.6 Å². The minimum atomic E-state index is -0.234. The molecule has 2 aliphatic carbocycles. The molecule has 0 N–H and O–H groups in total. The molecule has 0 aromatic heterocycles. The number of fused-ring (bicyclic) bond motifs is 3. The summed E-state index contributed by atoms with van der Waals surface area (Å²) >= 11 is 1.30. The van der Waals surface area contributed by atoms with E-state index in [-0.39, 0.29) is 36.4 Å². The Morgan fingerprint density at radius 3 is 1.79 bits per heavy atom. The van der Waals surface area contributed by atoms with E-state index in [0.29, 0.717) is 5.92 Å². The van der Waals surface area contributed by atoms with Gasteiger partial charge in [0.25, 0.3) is 0 Å². The first-order valence-corrected chi connectivity index (χ1v) is 14.4. The van der Waals surface area contributed by atoms with E-state index >= 15 is 0 Å². The molecule has 4 aromatic carbocycles. The van der Waals surface area contributed by atoms with Crippen LogP contribution in [-0.2, 0) is 30.7 Å². The van der Waals surface area contributed by atoms with Gasteiger partial charge in [-0.05, 0) is 12.0 Å². The van der Waals surface area contributed by atoms with Crippen molar-refractivity contribution in [1.29, 1.82) is 0 Å². The van der Waals surface area contributed by atoms with E-state index in [1.807, 2.05) is 24.3 Å². The van der Waals surface area contributed by atoms with Crippen molar-refractivity contribution in [2.24, 2.45) is 5.92 Å². The Balaban J connectivity index is 0.000000568. The fourth-order valence-corrected chi connectivity index (χ4v) is 3.86. The average molecular weight is 679 g/mol. The van der Waals surface area contributed by atoms with Crippen molar-refractivity contribution >= 4 is 41.2 Å². The normalized spacial score (nSPS) is 12.5. The van der Waals surface area contributed by atoms with Crippen LogP contribution in [0.4, 0.5) is 8.78 Å². The number of rotatable bonds is 2. The van der Waals surface area contributed by atoms with Gasteiger partial charge in [-0.3, -0.25) is 14.9 Å². The van der Waals surface area contributed by atoms with Crippen LogP contribution in [0.2, 0.25) is 0 Å². The van der Waals surface area contributed by atoms with Crippen molar-refractivity contribution in [2.45, 2.75) is 20.3 Å². The molecule has 1 atom stereocenters. The average Bonchev–Trinajstić information content (AvgIpc) is 3.56. The number of benzene rings is 4. The molecule has 0 saturated heterocycles. The summed E-state index contributed by atoms with van der Waals surface area (Å²) in [5, 5.41) is 0. The van der Waals surface area contributed by atoms with Crippen molar-refractivity contribution in [3.8, 4) is 11.1 Å². The molecule has 0 amide bonds. The molecular weight excluding hydrogens is 645 g/mol. The summed E-state index contributed by atoms with van der Waals surface area (Å²) in [7, 11) is 0. The van der Waals surface area contributed by atoms with Gasteiger partial charge in [-0.1, -0.05) is 54.8 Å². The maximum atomic E-state index is 11.9. The van der Waals surface area contributed by atoms with Gasteiger partial charge in [0.15, 0.2) is 0 Å². The molecule has 0 heterocycles. The van der Waals surface area contributed by atoms with E-state index in [4.69, 9.17) is 0 Å². The fraction of sp³-hybridized carbons (Fsp3) is 0.108. The Kier molecular flexibility index (Phi) is 20.2. The Morgan fingerprint density at radius 1 is 0.833 bits per heavy atom. The number of halogens is 4. The summed E-state index contributed by atoms with van der Waals surface area (Å²) in [5.74, 6) is 0.0880. The standard InChI is InChI=1S/C17H13.C7H9.2C6H4F.CH2.2ClH.Zr/c1-3-12-5-7-14-11-15-8-6-13(4-2)10-17(15)16(14)9-12;1-6-3-4-7(2)5-6;2*7-6-4-2-1-3-5-6;;;;/h3-7,9-10H,1-2,11H2;3,5,7H,1-2H3;2*1-2,4-5H;1H2;2*1H;/q4*-1;;;;. The SMILES string of the molecule is C=Cc1c[c-]c2c(c1)-c1cc(C=C)ccc1C2.CC1=CC(C)[C-]=C1.Cl.Cl.Fc1c[c-]ccc1.Fc1c[c-]ccc1.[CH2]=[Zr]. The molecule has 4 aromatic rings. The van der Waals surface area contributed by atoms with Crippen LogP contribution in [0.25, 0.3) is 23.3 Å².